The number of rotatable bonds is 2. The van der Waals surface area contributed by atoms with Gasteiger partial charge >= 0.3 is 0 Å². The fourth-order valence-corrected chi connectivity index (χ4v) is 3.37. The molecule has 0 bridgehead atoms. The molecule has 5 nitrogen and oxygen atoms in total. The van der Waals surface area contributed by atoms with Crippen molar-refractivity contribution in [2.75, 3.05) is 31.1 Å². The van der Waals surface area contributed by atoms with Crippen LogP contribution in [0, 0.1) is 11.7 Å². The van der Waals surface area contributed by atoms with Gasteiger partial charge in [0.1, 0.15) is 12.4 Å². The van der Waals surface area contributed by atoms with Gasteiger partial charge in [-0.1, -0.05) is 13.8 Å². The van der Waals surface area contributed by atoms with Crippen LogP contribution in [-0.2, 0) is 14.3 Å². The van der Waals surface area contributed by atoms with Gasteiger partial charge in [-0.05, 0) is 37.1 Å². The second-order valence-electron chi connectivity index (χ2n) is 6.91. The minimum absolute atomic E-state index is 0.0105. The number of halogens is 1. The summed E-state index contributed by atoms with van der Waals surface area (Å²) < 4.78 is 19.0. The van der Waals surface area contributed by atoms with Crippen molar-refractivity contribution in [2.24, 2.45) is 5.92 Å². The molecule has 2 heterocycles. The van der Waals surface area contributed by atoms with Gasteiger partial charge in [0.05, 0.1) is 12.1 Å². The second-order valence-corrected chi connectivity index (χ2v) is 6.91. The van der Waals surface area contributed by atoms with Crippen molar-refractivity contribution in [1.29, 1.82) is 0 Å². The number of piperidine rings is 1. The van der Waals surface area contributed by atoms with E-state index in [4.69, 9.17) is 4.74 Å². The van der Waals surface area contributed by atoms with Gasteiger partial charge in [0, 0.05) is 24.7 Å². The van der Waals surface area contributed by atoms with E-state index in [1.54, 1.807) is 17.0 Å². The second kappa shape index (κ2) is 6.51. The first kappa shape index (κ1) is 16.9. The van der Waals surface area contributed by atoms with Crippen LogP contribution in [0.25, 0.3) is 0 Å². The Morgan fingerprint density at radius 3 is 2.42 bits per heavy atom. The Balaban J connectivity index is 1.71. The lowest BCUT2D eigenvalue weighted by atomic mass is 9.88. The molecule has 1 aromatic rings. The van der Waals surface area contributed by atoms with E-state index in [1.165, 1.54) is 12.1 Å². The SMILES string of the molecule is CC(C)C(=O)N1CCC2(CC1)CN(c1ccc(F)cc1)C(=O)CO2. The molecule has 0 unspecified atom stereocenters. The Morgan fingerprint density at radius 2 is 1.83 bits per heavy atom. The minimum atomic E-state index is -0.421. The quantitative estimate of drug-likeness (QED) is 0.833. The number of amides is 2. The van der Waals surface area contributed by atoms with Gasteiger partial charge in [-0.3, -0.25) is 9.59 Å². The van der Waals surface area contributed by atoms with Crippen LogP contribution >= 0.6 is 0 Å². The molecule has 2 saturated heterocycles. The number of carbonyl (C=O) groups excluding carboxylic acids is 2. The maximum Gasteiger partial charge on any atom is 0.253 e. The average molecular weight is 334 g/mol. The van der Waals surface area contributed by atoms with Crippen LogP contribution in [0.15, 0.2) is 24.3 Å². The lowest BCUT2D eigenvalue weighted by Gasteiger charge is -2.47. The average Bonchev–Trinajstić information content (AvgIpc) is 2.58. The van der Waals surface area contributed by atoms with E-state index in [0.717, 1.165) is 0 Å². The van der Waals surface area contributed by atoms with Crippen molar-refractivity contribution >= 4 is 17.5 Å². The maximum atomic E-state index is 13.1. The van der Waals surface area contributed by atoms with Gasteiger partial charge in [0.2, 0.25) is 5.91 Å². The van der Waals surface area contributed by atoms with E-state index in [2.05, 4.69) is 0 Å². The summed E-state index contributed by atoms with van der Waals surface area (Å²) in [7, 11) is 0. The van der Waals surface area contributed by atoms with E-state index in [0.29, 0.717) is 38.2 Å². The summed E-state index contributed by atoms with van der Waals surface area (Å²) >= 11 is 0. The molecule has 0 radical (unpaired) electrons. The number of hydrogen-bond acceptors (Lipinski definition) is 3. The van der Waals surface area contributed by atoms with Crippen LogP contribution in [0.1, 0.15) is 26.7 Å². The lowest BCUT2D eigenvalue weighted by Crippen LogP contribution is -2.59. The molecule has 2 aliphatic heterocycles. The van der Waals surface area contributed by atoms with Gasteiger partial charge in [-0.15, -0.1) is 0 Å². The van der Waals surface area contributed by atoms with Crippen LogP contribution < -0.4 is 4.90 Å². The molecule has 2 aliphatic rings. The standard InChI is InChI=1S/C18H23FN2O3/c1-13(2)17(23)20-9-7-18(8-10-20)12-21(16(22)11-24-18)15-5-3-14(19)4-6-15/h3-6,13H,7-12H2,1-2H3. The van der Waals surface area contributed by atoms with Crippen LogP contribution in [-0.4, -0.2) is 48.6 Å². The molecule has 0 atom stereocenters. The molecule has 6 heteroatoms. The molecule has 0 saturated carbocycles. The Morgan fingerprint density at radius 1 is 1.21 bits per heavy atom. The molecule has 1 spiro atoms. The van der Waals surface area contributed by atoms with Crippen molar-refractivity contribution in [3.05, 3.63) is 30.1 Å². The zero-order valence-electron chi connectivity index (χ0n) is 14.1. The number of benzene rings is 1. The topological polar surface area (TPSA) is 49.9 Å². The van der Waals surface area contributed by atoms with Crippen molar-refractivity contribution in [2.45, 2.75) is 32.3 Å². The number of ether oxygens (including phenoxy) is 1. The molecule has 1 aromatic carbocycles. The van der Waals surface area contributed by atoms with Gasteiger partial charge in [0.25, 0.3) is 5.91 Å². The first-order valence-corrected chi connectivity index (χ1v) is 8.39. The molecule has 24 heavy (non-hydrogen) atoms. The molecule has 3 rings (SSSR count). The Labute approximate surface area is 141 Å². The van der Waals surface area contributed by atoms with Gasteiger partial charge < -0.3 is 14.5 Å². The highest BCUT2D eigenvalue weighted by Gasteiger charge is 2.43. The fourth-order valence-electron chi connectivity index (χ4n) is 3.37. The fraction of sp³-hybridized carbons (Fsp3) is 0.556. The van der Waals surface area contributed by atoms with Crippen molar-refractivity contribution in [3.63, 3.8) is 0 Å². The summed E-state index contributed by atoms with van der Waals surface area (Å²) in [5.41, 5.74) is 0.264. The summed E-state index contributed by atoms with van der Waals surface area (Å²) in [5, 5.41) is 0. The first-order valence-electron chi connectivity index (χ1n) is 8.39. The third-order valence-electron chi connectivity index (χ3n) is 4.87. The maximum absolute atomic E-state index is 13.1. The smallest absolute Gasteiger partial charge is 0.253 e. The Bertz CT molecular complexity index is 622. The number of morpholine rings is 1. The molecular weight excluding hydrogens is 311 g/mol. The normalized spacial score (nSPS) is 20.8. The third kappa shape index (κ3) is 3.29. The predicted octanol–water partition coefficient (Wildman–Crippen LogP) is 2.21. The van der Waals surface area contributed by atoms with E-state index in [-0.39, 0.29) is 30.2 Å². The molecule has 0 aliphatic carbocycles. The predicted molar refractivity (Wildman–Crippen MR) is 88.1 cm³/mol. The van der Waals surface area contributed by atoms with E-state index >= 15 is 0 Å². The van der Waals surface area contributed by atoms with E-state index in [9.17, 15) is 14.0 Å². The van der Waals surface area contributed by atoms with Crippen LogP contribution in [0.4, 0.5) is 10.1 Å². The lowest BCUT2D eigenvalue weighted by molar-refractivity contribution is -0.151. The highest BCUT2D eigenvalue weighted by molar-refractivity contribution is 5.95. The van der Waals surface area contributed by atoms with Crippen LogP contribution in [0.3, 0.4) is 0 Å². The number of nitrogens with zero attached hydrogens (tertiary/aromatic N) is 2. The summed E-state index contributed by atoms with van der Waals surface area (Å²) in [5.74, 6) is -0.293. The highest BCUT2D eigenvalue weighted by atomic mass is 19.1. The Hall–Kier alpha value is -1.95. The molecule has 2 fully saturated rings. The van der Waals surface area contributed by atoms with Gasteiger partial charge in [-0.2, -0.15) is 0 Å². The van der Waals surface area contributed by atoms with E-state index < -0.39 is 5.60 Å². The summed E-state index contributed by atoms with van der Waals surface area (Å²) in [6.07, 6.45) is 1.41. The summed E-state index contributed by atoms with van der Waals surface area (Å²) in [6, 6.07) is 5.94. The zero-order chi connectivity index (χ0) is 17.3. The van der Waals surface area contributed by atoms with Gasteiger partial charge in [-0.25, -0.2) is 4.39 Å². The van der Waals surface area contributed by atoms with Crippen molar-refractivity contribution in [1.82, 2.24) is 4.90 Å². The molecule has 130 valence electrons. The minimum Gasteiger partial charge on any atom is -0.363 e. The number of carbonyl (C=O) groups is 2. The highest BCUT2D eigenvalue weighted by Crippen LogP contribution is 2.33. The largest absolute Gasteiger partial charge is 0.363 e. The van der Waals surface area contributed by atoms with Crippen LogP contribution in [0.5, 0.6) is 0 Å². The third-order valence-corrected chi connectivity index (χ3v) is 4.87. The number of hydrogen-bond donors (Lipinski definition) is 0. The number of likely N-dealkylation sites (tertiary alicyclic amines) is 1. The molecule has 0 N–H and O–H groups in total. The number of anilines is 1. The van der Waals surface area contributed by atoms with Crippen LogP contribution in [0.2, 0.25) is 0 Å². The molecule has 0 aromatic heterocycles. The monoisotopic (exact) mass is 334 g/mol. The molecule has 2 amide bonds. The van der Waals surface area contributed by atoms with Crippen molar-refractivity contribution < 1.29 is 18.7 Å². The van der Waals surface area contributed by atoms with E-state index in [1.807, 2.05) is 18.7 Å². The first-order chi connectivity index (χ1) is 11.4. The summed E-state index contributed by atoms with van der Waals surface area (Å²) in [6.45, 7) is 5.55. The molecular formula is C18H23FN2O3. The van der Waals surface area contributed by atoms with Crippen molar-refractivity contribution in [3.8, 4) is 0 Å². The van der Waals surface area contributed by atoms with Gasteiger partial charge in [0.15, 0.2) is 0 Å². The summed E-state index contributed by atoms with van der Waals surface area (Å²) in [4.78, 5) is 27.9. The zero-order valence-corrected chi connectivity index (χ0v) is 14.1. The Kier molecular flexibility index (Phi) is 4.58.